The molecular formula is C29H32N6O2S4. The van der Waals surface area contributed by atoms with Crippen LogP contribution in [0.5, 0.6) is 0 Å². The molecule has 214 valence electrons. The molecule has 0 spiro atoms. The molecule has 5 aromatic rings. The number of fused-ring (bicyclic) bond motifs is 1. The highest BCUT2D eigenvalue weighted by atomic mass is 33.5. The van der Waals surface area contributed by atoms with Crippen molar-refractivity contribution in [2.45, 2.75) is 38.1 Å². The topological polar surface area (TPSA) is 130 Å². The zero-order chi connectivity index (χ0) is 29.6. The SMILES string of the molecule is CC.Cc1nc(C(=O)Nc2cccc(S(S)(S)NC(Cc3cccc(C(=N)N)c3)c3nc4ccccc4s3)c2)co1. The van der Waals surface area contributed by atoms with Crippen molar-refractivity contribution >= 4 is 70.6 Å². The van der Waals surface area contributed by atoms with Crippen molar-refractivity contribution in [2.75, 3.05) is 5.32 Å². The van der Waals surface area contributed by atoms with E-state index in [1.54, 1.807) is 24.3 Å². The molecule has 0 fully saturated rings. The van der Waals surface area contributed by atoms with Crippen LogP contribution in [0.25, 0.3) is 10.2 Å². The molecule has 0 aliphatic heterocycles. The molecule has 5 rings (SSSR count). The maximum Gasteiger partial charge on any atom is 0.277 e. The number of nitrogens with zero attached hydrogens (tertiary/aromatic N) is 2. The zero-order valence-electron chi connectivity index (χ0n) is 22.8. The molecule has 1 amide bonds. The first-order valence-electron chi connectivity index (χ1n) is 12.9. The normalized spacial score (nSPS) is 12.3. The van der Waals surface area contributed by atoms with E-state index < -0.39 is 8.28 Å². The van der Waals surface area contributed by atoms with Crippen LogP contribution < -0.4 is 15.8 Å². The number of amidine groups is 1. The van der Waals surface area contributed by atoms with Crippen LogP contribution in [0.3, 0.4) is 0 Å². The lowest BCUT2D eigenvalue weighted by Gasteiger charge is -2.34. The van der Waals surface area contributed by atoms with Crippen molar-refractivity contribution < 1.29 is 9.21 Å². The lowest BCUT2D eigenvalue weighted by molar-refractivity contribution is 0.102. The third-order valence-corrected chi connectivity index (χ3v) is 10.4. The second kappa shape index (κ2) is 13.6. The minimum Gasteiger partial charge on any atom is -0.448 e. The minimum absolute atomic E-state index is 0.0179. The van der Waals surface area contributed by atoms with Gasteiger partial charge in [-0.15, -0.1) is 34.7 Å². The van der Waals surface area contributed by atoms with Gasteiger partial charge in [0.15, 0.2) is 11.6 Å². The molecule has 1 unspecified atom stereocenters. The molecule has 2 aromatic heterocycles. The Morgan fingerprint density at radius 3 is 2.54 bits per heavy atom. The summed E-state index contributed by atoms with van der Waals surface area (Å²) in [6.07, 6.45) is 1.91. The molecule has 2 heterocycles. The molecule has 0 saturated heterocycles. The van der Waals surface area contributed by atoms with Crippen molar-refractivity contribution in [1.29, 1.82) is 5.41 Å². The lowest BCUT2D eigenvalue weighted by Crippen LogP contribution is -2.23. The summed E-state index contributed by atoms with van der Waals surface area (Å²) < 4.78 is 9.87. The number of hydrogen-bond acceptors (Lipinski definition) is 9. The Morgan fingerprint density at radius 2 is 1.83 bits per heavy atom. The van der Waals surface area contributed by atoms with Crippen molar-refractivity contribution in [2.24, 2.45) is 5.73 Å². The van der Waals surface area contributed by atoms with E-state index >= 15 is 0 Å². The number of amides is 1. The summed E-state index contributed by atoms with van der Waals surface area (Å²) in [6.45, 7) is 5.68. The van der Waals surface area contributed by atoms with Crippen LogP contribution in [-0.4, -0.2) is 21.7 Å². The van der Waals surface area contributed by atoms with Crippen LogP contribution in [-0.2, 0) is 6.42 Å². The van der Waals surface area contributed by atoms with Gasteiger partial charge in [-0.3, -0.25) is 14.9 Å². The fraction of sp³-hybridized carbons (Fsp3) is 0.172. The van der Waals surface area contributed by atoms with Gasteiger partial charge in [0.05, 0.1) is 16.3 Å². The van der Waals surface area contributed by atoms with E-state index in [-0.39, 0.29) is 23.5 Å². The van der Waals surface area contributed by atoms with E-state index in [0.29, 0.717) is 23.6 Å². The number of nitrogens with two attached hydrogens (primary N) is 1. The first-order chi connectivity index (χ1) is 19.7. The predicted molar refractivity (Wildman–Crippen MR) is 177 cm³/mol. The Bertz CT molecular complexity index is 1630. The molecule has 0 aliphatic carbocycles. The maximum atomic E-state index is 12.6. The quantitative estimate of drug-likeness (QED) is 0.0436. The van der Waals surface area contributed by atoms with Gasteiger partial charge < -0.3 is 15.5 Å². The number of aromatic nitrogens is 2. The monoisotopic (exact) mass is 624 g/mol. The molecule has 0 aliphatic rings. The van der Waals surface area contributed by atoms with Crippen LogP contribution in [0.2, 0.25) is 0 Å². The number of nitrogen functional groups attached to an aromatic ring is 1. The van der Waals surface area contributed by atoms with Gasteiger partial charge >= 0.3 is 0 Å². The highest BCUT2D eigenvalue weighted by Gasteiger charge is 2.26. The van der Waals surface area contributed by atoms with Gasteiger partial charge in [-0.2, -0.15) is 0 Å². The summed E-state index contributed by atoms with van der Waals surface area (Å²) in [5.74, 6) is 0.0694. The van der Waals surface area contributed by atoms with Crippen LogP contribution in [0.15, 0.2) is 88.4 Å². The van der Waals surface area contributed by atoms with Crippen molar-refractivity contribution in [3.05, 3.63) is 107 Å². The third-order valence-electron chi connectivity index (χ3n) is 5.87. The number of para-hydroxylation sites is 1. The Kier molecular flexibility index (Phi) is 10.2. The van der Waals surface area contributed by atoms with E-state index in [9.17, 15) is 4.79 Å². The largest absolute Gasteiger partial charge is 0.448 e. The number of benzene rings is 3. The van der Waals surface area contributed by atoms with Gasteiger partial charge in [-0.25, -0.2) is 9.97 Å². The van der Waals surface area contributed by atoms with Crippen LogP contribution in [0, 0.1) is 12.3 Å². The first-order valence-corrected chi connectivity index (χ1v) is 17.4. The Balaban J connectivity index is 0.00000189. The van der Waals surface area contributed by atoms with Gasteiger partial charge in [0.2, 0.25) is 0 Å². The number of rotatable bonds is 9. The summed E-state index contributed by atoms with van der Waals surface area (Å²) in [7, 11) is -2.16. The fourth-order valence-corrected chi connectivity index (χ4v) is 7.83. The van der Waals surface area contributed by atoms with E-state index in [1.807, 2.05) is 80.6 Å². The third kappa shape index (κ3) is 7.72. The van der Waals surface area contributed by atoms with Gasteiger partial charge in [0, 0.05) is 23.1 Å². The molecule has 0 bridgehead atoms. The lowest BCUT2D eigenvalue weighted by atomic mass is 10.0. The second-order valence-electron chi connectivity index (χ2n) is 8.79. The number of thiol groups is 2. The van der Waals surface area contributed by atoms with E-state index in [2.05, 4.69) is 15.0 Å². The molecule has 41 heavy (non-hydrogen) atoms. The summed E-state index contributed by atoms with van der Waals surface area (Å²) in [4.78, 5) is 22.4. The number of anilines is 1. The van der Waals surface area contributed by atoms with Crippen molar-refractivity contribution in [1.82, 2.24) is 14.7 Å². The van der Waals surface area contributed by atoms with Crippen LogP contribution in [0.1, 0.15) is 52.4 Å². The molecule has 5 N–H and O–H groups in total. The molecule has 12 heteroatoms. The summed E-state index contributed by atoms with van der Waals surface area (Å²) in [6, 6.07) is 22.8. The molecule has 0 saturated carbocycles. The number of thiazole rings is 1. The Labute approximate surface area is 254 Å². The molecule has 8 nitrogen and oxygen atoms in total. The number of oxazole rings is 1. The molecule has 3 aromatic carbocycles. The smallest absolute Gasteiger partial charge is 0.277 e. The molecule has 0 radical (unpaired) electrons. The van der Waals surface area contributed by atoms with Gasteiger partial charge in [-0.1, -0.05) is 58.5 Å². The van der Waals surface area contributed by atoms with Crippen molar-refractivity contribution in [3.8, 4) is 0 Å². The summed E-state index contributed by atoms with van der Waals surface area (Å²) in [5, 5.41) is 11.6. The van der Waals surface area contributed by atoms with E-state index in [1.165, 1.54) is 6.26 Å². The standard InChI is InChI=1S/C27H26N6O2S4.C2H6/c1-16-30-23(15-35-16)26(34)31-19-8-5-9-20(14-19)39(36,37)33-22(13-17-6-4-7-18(12-17)25(28)29)27-32-21-10-2-3-11-24(21)38-27;1-2/h2-12,14-15,22,33,36-37H,13H2,1H3,(H3,28,29)(H,31,34);1-2H3. The van der Waals surface area contributed by atoms with Crippen LogP contribution >= 0.6 is 42.9 Å². The highest BCUT2D eigenvalue weighted by molar-refractivity contribution is 9.17. The van der Waals surface area contributed by atoms with E-state index in [0.717, 1.165) is 25.7 Å². The Hall–Kier alpha value is -3.29. The number of aryl methyl sites for hydroxylation is 1. The highest BCUT2D eigenvalue weighted by Crippen LogP contribution is 2.62. The van der Waals surface area contributed by atoms with Gasteiger partial charge in [0.25, 0.3) is 5.91 Å². The average molecular weight is 625 g/mol. The average Bonchev–Trinajstić information content (AvgIpc) is 3.60. The predicted octanol–water partition coefficient (Wildman–Crippen LogP) is 7.50. The summed E-state index contributed by atoms with van der Waals surface area (Å²) >= 11 is 11.6. The number of carbonyl (C=O) groups is 1. The summed E-state index contributed by atoms with van der Waals surface area (Å²) in [5.41, 5.74) is 9.12. The Morgan fingerprint density at radius 1 is 1.07 bits per heavy atom. The van der Waals surface area contributed by atoms with Gasteiger partial charge in [-0.05, 0) is 48.4 Å². The number of nitrogens with one attached hydrogen (secondary N) is 3. The number of carbonyl (C=O) groups excluding carboxylic acids is 1. The number of hydrogen-bond donors (Lipinski definition) is 6. The fourth-order valence-electron chi connectivity index (χ4n) is 4.00. The molecular weight excluding hydrogens is 593 g/mol. The second-order valence-corrected chi connectivity index (χ2v) is 15.8. The molecule has 1 atom stereocenters. The van der Waals surface area contributed by atoms with Crippen LogP contribution in [0.4, 0.5) is 5.69 Å². The van der Waals surface area contributed by atoms with Crippen molar-refractivity contribution in [3.63, 3.8) is 0 Å². The maximum absolute atomic E-state index is 12.6. The first kappa shape index (κ1) is 30.7. The zero-order valence-corrected chi connectivity index (χ0v) is 26.2. The van der Waals surface area contributed by atoms with Gasteiger partial charge in [0.1, 0.15) is 17.1 Å². The van der Waals surface area contributed by atoms with E-state index in [4.69, 9.17) is 43.9 Å². The minimum atomic E-state index is -2.16.